The lowest BCUT2D eigenvalue weighted by molar-refractivity contribution is -0.425. The largest absolute Gasteiger partial charge is 0.462 e. The van der Waals surface area contributed by atoms with E-state index in [4.69, 9.17) is 5.11 Å². The lowest BCUT2D eigenvalue weighted by Gasteiger charge is -2.41. The second kappa shape index (κ2) is 15.3. The van der Waals surface area contributed by atoms with Gasteiger partial charge < -0.3 is 14.6 Å². The van der Waals surface area contributed by atoms with Crippen molar-refractivity contribution in [3.63, 3.8) is 0 Å². The Morgan fingerprint density at radius 2 is 1.23 bits per heavy atom. The van der Waals surface area contributed by atoms with Crippen molar-refractivity contribution in [3.05, 3.63) is 36.5 Å². The third kappa shape index (κ3) is 9.38. The molecule has 5 nitrogen and oxygen atoms in total. The van der Waals surface area contributed by atoms with Crippen LogP contribution >= 0.6 is 0 Å². The van der Waals surface area contributed by atoms with E-state index in [0.29, 0.717) is 12.8 Å². The average Bonchev–Trinajstić information content (AvgIpc) is 2.90. The molecule has 1 N–H and O–H groups in total. The van der Waals surface area contributed by atoms with Gasteiger partial charge in [-0.2, -0.15) is 52.7 Å². The van der Waals surface area contributed by atoms with Crippen LogP contribution in [0.5, 0.6) is 0 Å². The number of aliphatic hydroxyl groups excluding tert-OH is 1. The third-order valence-electron chi connectivity index (χ3n) is 5.96. The molecule has 0 amide bonds. The minimum absolute atomic E-state index is 0.0117. The topological polar surface area (TPSA) is 72.8 Å². The maximum absolute atomic E-state index is 14.4. The van der Waals surface area contributed by atoms with Crippen molar-refractivity contribution >= 4 is 11.9 Å². The monoisotopic (exact) mass is 652 g/mol. The molecule has 0 aromatic carbocycles. The van der Waals surface area contributed by atoms with E-state index in [9.17, 15) is 62.3 Å². The number of carbonyl (C=O) groups is 2. The molecule has 250 valence electrons. The molecule has 1 unspecified atom stereocenters. The maximum atomic E-state index is 14.4. The summed E-state index contributed by atoms with van der Waals surface area (Å²) >= 11 is 0. The molecule has 0 radical (unpaired) electrons. The van der Waals surface area contributed by atoms with Crippen molar-refractivity contribution in [3.8, 4) is 0 Å². The van der Waals surface area contributed by atoms with Gasteiger partial charge in [0.15, 0.2) is 0 Å². The van der Waals surface area contributed by atoms with Crippen LogP contribution in [0.15, 0.2) is 36.5 Å². The highest BCUT2D eigenvalue weighted by Crippen LogP contribution is 2.61. The molecule has 0 spiro atoms. The number of aliphatic hydroxyl groups is 1. The summed E-state index contributed by atoms with van der Waals surface area (Å²) in [6.45, 7) is 6.03. The van der Waals surface area contributed by atoms with Crippen molar-refractivity contribution in [2.75, 3.05) is 19.8 Å². The zero-order chi connectivity index (χ0) is 34.1. The van der Waals surface area contributed by atoms with Gasteiger partial charge in [-0.15, -0.1) is 0 Å². The molecule has 0 saturated carbocycles. The number of halogens is 12. The summed E-state index contributed by atoms with van der Waals surface area (Å²) < 4.78 is 180. The number of esters is 2. The van der Waals surface area contributed by atoms with E-state index < -0.39 is 98.0 Å². The normalized spacial score (nSPS) is 14.5. The van der Waals surface area contributed by atoms with E-state index in [1.807, 2.05) is 0 Å². The highest BCUT2D eigenvalue weighted by Gasteiger charge is 2.89. The summed E-state index contributed by atoms with van der Waals surface area (Å²) in [5.74, 6) is -46.5. The predicted octanol–water partition coefficient (Wildman–Crippen LogP) is 7.54. The smallest absolute Gasteiger partial charge is 0.384 e. The number of ether oxygens (including phenoxy) is 2. The minimum atomic E-state index is -7.73. The Kier molecular flexibility index (Phi) is 14.4. The maximum Gasteiger partial charge on any atom is 0.384 e. The van der Waals surface area contributed by atoms with Gasteiger partial charge >= 0.3 is 47.5 Å². The van der Waals surface area contributed by atoms with Crippen molar-refractivity contribution < 1.29 is 76.9 Å². The number of hydrogen-bond acceptors (Lipinski definition) is 5. The fraction of sp³-hybridized carbons (Fsp3) is 0.692. The van der Waals surface area contributed by atoms with E-state index in [1.54, 1.807) is 6.92 Å². The van der Waals surface area contributed by atoms with Crippen LogP contribution in [0.3, 0.4) is 0 Å². The summed E-state index contributed by atoms with van der Waals surface area (Å²) in [4.78, 5) is 23.2. The molecule has 0 fully saturated rings. The van der Waals surface area contributed by atoms with Crippen molar-refractivity contribution in [1.29, 1.82) is 0 Å². The molecular formula is C26H32F12O5. The number of hydrogen-bond donors (Lipinski definition) is 1. The van der Waals surface area contributed by atoms with Crippen LogP contribution < -0.4 is 0 Å². The van der Waals surface area contributed by atoms with Gasteiger partial charge in [0.05, 0.1) is 25.4 Å². The second-order valence-corrected chi connectivity index (χ2v) is 9.67. The molecule has 0 aromatic rings. The minimum Gasteiger partial charge on any atom is -0.462 e. The van der Waals surface area contributed by atoms with Gasteiger partial charge in [-0.25, -0.2) is 9.59 Å². The van der Waals surface area contributed by atoms with Crippen molar-refractivity contribution in [2.45, 2.75) is 87.9 Å². The number of alkyl halides is 12. The van der Waals surface area contributed by atoms with Gasteiger partial charge in [-0.05, 0) is 19.8 Å². The first-order valence-electron chi connectivity index (χ1n) is 12.6. The molecular weight excluding hydrogens is 620 g/mol. The molecule has 0 bridgehead atoms. The predicted molar refractivity (Wildman–Crippen MR) is 129 cm³/mol. The van der Waals surface area contributed by atoms with E-state index in [0.717, 1.165) is 13.0 Å². The zero-order valence-electron chi connectivity index (χ0n) is 23.1. The highest BCUT2D eigenvalue weighted by molar-refractivity contribution is 5.88. The van der Waals surface area contributed by atoms with Crippen LogP contribution in [0.4, 0.5) is 52.7 Å². The van der Waals surface area contributed by atoms with Gasteiger partial charge in [0, 0.05) is 24.3 Å². The standard InChI is InChI=1S/C26H32F12O5/c1-5-6-7-8-9-11-21(27,28)23(31,32)25(35,36)26(37,38)24(33,34)22(29,30)12-10-18(14-42-19(40)16(2)3)15-43-20(41)17(4)13-39/h8-9,18,39H,2,4-7,10-15H2,1,3H3/b9-8+. The van der Waals surface area contributed by atoms with Gasteiger partial charge in [-0.1, -0.05) is 45.1 Å². The molecule has 1 atom stereocenters. The SMILES string of the molecule is C=C(C)C(=O)OCC(CCC(F)(F)C(F)(F)C(F)(F)C(F)(F)C(F)(F)C(F)(F)C/C=C/CCCC)COC(=O)C(=C)CO. The molecule has 43 heavy (non-hydrogen) atoms. The lowest BCUT2D eigenvalue weighted by atomic mass is 9.88. The molecule has 17 heteroatoms. The van der Waals surface area contributed by atoms with E-state index in [1.165, 1.54) is 0 Å². The molecule has 0 aliphatic carbocycles. The van der Waals surface area contributed by atoms with Gasteiger partial charge in [0.1, 0.15) is 0 Å². The zero-order valence-corrected chi connectivity index (χ0v) is 23.1. The fourth-order valence-electron chi connectivity index (χ4n) is 3.09. The summed E-state index contributed by atoms with van der Waals surface area (Å²) in [5.41, 5.74) is -0.831. The van der Waals surface area contributed by atoms with Crippen LogP contribution in [0.2, 0.25) is 0 Å². The fourth-order valence-corrected chi connectivity index (χ4v) is 3.09. The van der Waals surface area contributed by atoms with E-state index in [2.05, 4.69) is 22.6 Å². The summed E-state index contributed by atoms with van der Waals surface area (Å²) in [6, 6.07) is 0. The first-order valence-corrected chi connectivity index (χ1v) is 12.6. The molecule has 0 rings (SSSR count). The molecule has 0 aromatic heterocycles. The molecule has 0 saturated heterocycles. The van der Waals surface area contributed by atoms with Gasteiger partial charge in [-0.3, -0.25) is 0 Å². The molecule has 0 aliphatic heterocycles. The summed E-state index contributed by atoms with van der Waals surface area (Å²) in [7, 11) is 0. The average molecular weight is 653 g/mol. The Morgan fingerprint density at radius 1 is 0.767 bits per heavy atom. The first kappa shape index (κ1) is 40.3. The first-order chi connectivity index (χ1) is 19.4. The molecule has 0 heterocycles. The number of allylic oxidation sites excluding steroid dienone is 2. The number of rotatable bonds is 20. The molecule has 0 aliphatic rings. The highest BCUT2D eigenvalue weighted by atomic mass is 19.4. The van der Waals surface area contributed by atoms with Crippen LogP contribution in [-0.2, 0) is 19.1 Å². The summed E-state index contributed by atoms with van der Waals surface area (Å²) in [5, 5.41) is 8.83. The number of carbonyl (C=O) groups excluding carboxylic acids is 2. The van der Waals surface area contributed by atoms with E-state index in [-0.39, 0.29) is 18.1 Å². The van der Waals surface area contributed by atoms with Crippen LogP contribution in [0.25, 0.3) is 0 Å². The Hall–Kier alpha value is -2.72. The van der Waals surface area contributed by atoms with Crippen LogP contribution in [-0.4, -0.2) is 72.4 Å². The van der Waals surface area contributed by atoms with Crippen molar-refractivity contribution in [2.24, 2.45) is 5.92 Å². The quantitative estimate of drug-likeness (QED) is 0.0484. The van der Waals surface area contributed by atoms with Crippen molar-refractivity contribution in [1.82, 2.24) is 0 Å². The Labute approximate surface area is 239 Å². The number of unbranched alkanes of at least 4 members (excludes halogenated alkanes) is 2. The lowest BCUT2D eigenvalue weighted by Crippen LogP contribution is -2.70. The third-order valence-corrected chi connectivity index (χ3v) is 5.96. The Morgan fingerprint density at radius 3 is 1.67 bits per heavy atom. The Balaban J connectivity index is 6.08. The van der Waals surface area contributed by atoms with Crippen LogP contribution in [0, 0.1) is 5.92 Å². The van der Waals surface area contributed by atoms with Gasteiger partial charge in [0.25, 0.3) is 0 Å². The van der Waals surface area contributed by atoms with Crippen LogP contribution in [0.1, 0.15) is 52.4 Å². The van der Waals surface area contributed by atoms with E-state index >= 15 is 0 Å². The van der Waals surface area contributed by atoms with Gasteiger partial charge in [0.2, 0.25) is 0 Å². The second-order valence-electron chi connectivity index (χ2n) is 9.67. The summed E-state index contributed by atoms with van der Waals surface area (Å²) in [6.07, 6.45) is -4.26. The Bertz CT molecular complexity index is 1010.